The van der Waals surface area contributed by atoms with Crippen LogP contribution >= 0.6 is 11.6 Å². The van der Waals surface area contributed by atoms with E-state index in [4.69, 9.17) is 11.6 Å². The Morgan fingerprint density at radius 3 is 2.85 bits per heavy atom. The van der Waals surface area contributed by atoms with Crippen molar-refractivity contribution < 1.29 is 4.92 Å². The van der Waals surface area contributed by atoms with Crippen molar-refractivity contribution in [3.8, 4) is 0 Å². The molecule has 0 aromatic carbocycles. The second-order valence-electron chi connectivity index (χ2n) is 2.80. The summed E-state index contributed by atoms with van der Waals surface area (Å²) in [4.78, 5) is 9.81. The second kappa shape index (κ2) is 3.74. The fourth-order valence-electron chi connectivity index (χ4n) is 0.896. The zero-order chi connectivity index (χ0) is 10.0. The molecule has 1 rings (SSSR count). The first-order valence-corrected chi connectivity index (χ1v) is 4.33. The first-order chi connectivity index (χ1) is 6.06. The molecule has 13 heavy (non-hydrogen) atoms. The van der Waals surface area contributed by atoms with Crippen molar-refractivity contribution in [3.63, 3.8) is 0 Å². The summed E-state index contributed by atoms with van der Waals surface area (Å²) in [5.41, 5.74) is 0. The van der Waals surface area contributed by atoms with Gasteiger partial charge in [-0.3, -0.25) is 0 Å². The van der Waals surface area contributed by atoms with E-state index in [9.17, 15) is 10.1 Å². The summed E-state index contributed by atoms with van der Waals surface area (Å²) in [7, 11) is 0. The summed E-state index contributed by atoms with van der Waals surface area (Å²) in [6.45, 7) is 3.90. The molecule has 0 aliphatic rings. The van der Waals surface area contributed by atoms with Crippen LogP contribution in [0.5, 0.6) is 0 Å². The van der Waals surface area contributed by atoms with Crippen molar-refractivity contribution in [2.75, 3.05) is 0 Å². The quantitative estimate of drug-likeness (QED) is 0.560. The zero-order valence-electron chi connectivity index (χ0n) is 7.40. The first kappa shape index (κ1) is 9.98. The molecule has 0 amide bonds. The molecule has 0 aliphatic heterocycles. The van der Waals surface area contributed by atoms with Crippen molar-refractivity contribution in [1.82, 2.24) is 9.78 Å². The highest BCUT2D eigenvalue weighted by Crippen LogP contribution is 2.23. The average Bonchev–Trinajstić information content (AvgIpc) is 2.46. The van der Waals surface area contributed by atoms with E-state index in [0.717, 1.165) is 6.42 Å². The number of hydrogen-bond donors (Lipinski definition) is 0. The van der Waals surface area contributed by atoms with Gasteiger partial charge >= 0.3 is 5.82 Å². The van der Waals surface area contributed by atoms with Crippen molar-refractivity contribution in [2.24, 2.45) is 0 Å². The Bertz CT molecular complexity index is 324. The van der Waals surface area contributed by atoms with Gasteiger partial charge in [-0.1, -0.05) is 18.5 Å². The summed E-state index contributed by atoms with van der Waals surface area (Å²) in [6.07, 6.45) is 2.34. The molecule has 1 atom stereocenters. The molecule has 0 radical (unpaired) electrons. The lowest BCUT2D eigenvalue weighted by molar-refractivity contribution is -0.389. The third-order valence-electron chi connectivity index (χ3n) is 1.88. The van der Waals surface area contributed by atoms with Gasteiger partial charge in [-0.2, -0.15) is 4.68 Å². The number of nitrogens with zero attached hydrogens (tertiary/aromatic N) is 3. The fraction of sp³-hybridized carbons (Fsp3) is 0.571. The number of hydrogen-bond acceptors (Lipinski definition) is 3. The molecule has 0 saturated carbocycles. The van der Waals surface area contributed by atoms with Crippen molar-refractivity contribution in [1.29, 1.82) is 0 Å². The summed E-state index contributed by atoms with van der Waals surface area (Å²) in [6, 6.07) is 0.131. The molecule has 0 N–H and O–H groups in total. The van der Waals surface area contributed by atoms with Crippen LogP contribution in [0.1, 0.15) is 26.3 Å². The Hall–Kier alpha value is -1.10. The third kappa shape index (κ3) is 1.98. The summed E-state index contributed by atoms with van der Waals surface area (Å²) in [5.74, 6) is -0.276. The van der Waals surface area contributed by atoms with E-state index in [0.29, 0.717) is 0 Å². The molecule has 1 heterocycles. The van der Waals surface area contributed by atoms with Gasteiger partial charge < -0.3 is 10.1 Å². The van der Waals surface area contributed by atoms with Crippen LogP contribution in [0.4, 0.5) is 5.82 Å². The number of aromatic nitrogens is 2. The molecule has 1 aromatic rings. The predicted octanol–water partition coefficient (Wildman–Crippen LogP) is 2.42. The molecule has 0 spiro atoms. The molecule has 0 aliphatic carbocycles. The SMILES string of the molecule is CCC(C)n1cc(Cl)c([N+](=O)[O-])n1. The van der Waals surface area contributed by atoms with E-state index in [1.807, 2.05) is 13.8 Å². The maximum absolute atomic E-state index is 10.4. The number of rotatable bonds is 3. The fourth-order valence-corrected chi connectivity index (χ4v) is 1.10. The lowest BCUT2D eigenvalue weighted by atomic mass is 10.3. The van der Waals surface area contributed by atoms with E-state index >= 15 is 0 Å². The average molecular weight is 204 g/mol. The topological polar surface area (TPSA) is 61.0 Å². The molecule has 0 saturated heterocycles. The molecule has 72 valence electrons. The minimum Gasteiger partial charge on any atom is -0.358 e. The molecule has 0 fully saturated rings. The largest absolute Gasteiger partial charge is 0.408 e. The minimum absolute atomic E-state index is 0.0882. The van der Waals surface area contributed by atoms with Gasteiger partial charge in [0.05, 0.1) is 17.3 Å². The van der Waals surface area contributed by atoms with E-state index in [-0.39, 0.29) is 16.9 Å². The normalized spacial score (nSPS) is 12.8. The van der Waals surface area contributed by atoms with Crippen LogP contribution in [0.25, 0.3) is 0 Å². The molecule has 6 heteroatoms. The van der Waals surface area contributed by atoms with E-state index in [1.54, 1.807) is 0 Å². The van der Waals surface area contributed by atoms with Crippen LogP contribution in [0, 0.1) is 10.1 Å². The van der Waals surface area contributed by atoms with Crippen LogP contribution in [-0.2, 0) is 0 Å². The van der Waals surface area contributed by atoms with Gasteiger partial charge in [0.1, 0.15) is 0 Å². The highest BCUT2D eigenvalue weighted by molar-refractivity contribution is 6.32. The van der Waals surface area contributed by atoms with Gasteiger partial charge in [0, 0.05) is 0 Å². The monoisotopic (exact) mass is 203 g/mol. The molecule has 1 unspecified atom stereocenters. The first-order valence-electron chi connectivity index (χ1n) is 3.95. The summed E-state index contributed by atoms with van der Waals surface area (Å²) < 4.78 is 1.51. The Morgan fingerprint density at radius 2 is 2.46 bits per heavy atom. The Balaban J connectivity index is 3.01. The molecular formula is C7H10ClN3O2. The van der Waals surface area contributed by atoms with Gasteiger partial charge in [-0.15, -0.1) is 0 Å². The lowest BCUT2D eigenvalue weighted by Gasteiger charge is -2.02. The van der Waals surface area contributed by atoms with Crippen LogP contribution in [-0.4, -0.2) is 14.7 Å². The summed E-state index contributed by atoms with van der Waals surface area (Å²) >= 11 is 5.62. The Labute approximate surface area is 80.5 Å². The van der Waals surface area contributed by atoms with E-state index in [1.165, 1.54) is 10.9 Å². The van der Waals surface area contributed by atoms with E-state index in [2.05, 4.69) is 5.10 Å². The highest BCUT2D eigenvalue weighted by Gasteiger charge is 2.20. The van der Waals surface area contributed by atoms with E-state index < -0.39 is 4.92 Å². The van der Waals surface area contributed by atoms with Gasteiger partial charge in [-0.25, -0.2) is 0 Å². The number of halogens is 1. The second-order valence-corrected chi connectivity index (χ2v) is 3.20. The van der Waals surface area contributed by atoms with Crippen molar-refractivity contribution >= 4 is 17.4 Å². The van der Waals surface area contributed by atoms with Crippen molar-refractivity contribution in [3.05, 3.63) is 21.3 Å². The third-order valence-corrected chi connectivity index (χ3v) is 2.15. The van der Waals surface area contributed by atoms with Crippen LogP contribution in [0.3, 0.4) is 0 Å². The standard InChI is InChI=1S/C7H10ClN3O2/c1-3-5(2)10-4-6(8)7(9-10)11(12)13/h4-5H,3H2,1-2H3. The van der Waals surface area contributed by atoms with Crippen molar-refractivity contribution in [2.45, 2.75) is 26.3 Å². The maximum Gasteiger partial charge on any atom is 0.408 e. The van der Waals surface area contributed by atoms with Gasteiger partial charge in [0.25, 0.3) is 0 Å². The molecule has 5 nitrogen and oxygen atoms in total. The van der Waals surface area contributed by atoms with Gasteiger partial charge in [0.15, 0.2) is 5.02 Å². The smallest absolute Gasteiger partial charge is 0.358 e. The van der Waals surface area contributed by atoms with Gasteiger partial charge in [-0.05, 0) is 18.3 Å². The number of nitro groups is 1. The molecule has 1 aromatic heterocycles. The minimum atomic E-state index is -0.582. The Kier molecular flexibility index (Phi) is 2.87. The van der Waals surface area contributed by atoms with Crippen LogP contribution < -0.4 is 0 Å². The zero-order valence-corrected chi connectivity index (χ0v) is 8.15. The van der Waals surface area contributed by atoms with Crippen LogP contribution in [0.2, 0.25) is 5.02 Å². The lowest BCUT2D eigenvalue weighted by Crippen LogP contribution is -2.04. The Morgan fingerprint density at radius 1 is 1.85 bits per heavy atom. The predicted molar refractivity (Wildman–Crippen MR) is 48.9 cm³/mol. The highest BCUT2D eigenvalue weighted by atomic mass is 35.5. The van der Waals surface area contributed by atoms with Crippen LogP contribution in [0.15, 0.2) is 6.20 Å². The summed E-state index contributed by atoms with van der Waals surface area (Å²) in [5, 5.41) is 14.2. The molecular weight excluding hydrogens is 194 g/mol. The molecule has 0 bridgehead atoms. The van der Waals surface area contributed by atoms with Gasteiger partial charge in [0.2, 0.25) is 0 Å². The maximum atomic E-state index is 10.4.